The third-order valence-corrected chi connectivity index (χ3v) is 5.07. The van der Waals surface area contributed by atoms with Gasteiger partial charge >= 0.3 is 6.18 Å². The molecular formula is C13H20F3N3S. The second-order valence-corrected chi connectivity index (χ2v) is 5.89. The summed E-state index contributed by atoms with van der Waals surface area (Å²) in [6.07, 6.45) is -0.569. The number of anilines is 2. The maximum absolute atomic E-state index is 12.7. The van der Waals surface area contributed by atoms with Crippen molar-refractivity contribution in [1.29, 1.82) is 0 Å². The molecule has 1 aromatic rings. The molecule has 0 saturated heterocycles. The standard InChI is InChI=1S/C13H20F3N3S/c1-4-12(5-2,20-3)8-18-11-7-9(13(14,15)16)6-10(17)19-11/h6-7H,4-5,8H2,1-3H3,(H3,17,18,19). The third-order valence-electron chi connectivity index (χ3n) is 3.49. The quantitative estimate of drug-likeness (QED) is 0.833. The molecule has 3 nitrogen and oxygen atoms in total. The second-order valence-electron chi connectivity index (χ2n) is 4.61. The molecule has 1 heterocycles. The number of alkyl halides is 3. The van der Waals surface area contributed by atoms with Crippen molar-refractivity contribution < 1.29 is 13.2 Å². The van der Waals surface area contributed by atoms with E-state index in [1.807, 2.05) is 6.26 Å². The van der Waals surface area contributed by atoms with Gasteiger partial charge in [0.1, 0.15) is 11.6 Å². The fourth-order valence-electron chi connectivity index (χ4n) is 1.92. The van der Waals surface area contributed by atoms with Crippen molar-refractivity contribution in [2.24, 2.45) is 0 Å². The number of hydrogen-bond acceptors (Lipinski definition) is 4. The van der Waals surface area contributed by atoms with Crippen LogP contribution in [-0.4, -0.2) is 22.5 Å². The molecule has 0 amide bonds. The van der Waals surface area contributed by atoms with E-state index in [2.05, 4.69) is 24.1 Å². The summed E-state index contributed by atoms with van der Waals surface area (Å²) in [6.45, 7) is 4.68. The Kier molecular flexibility index (Phi) is 5.56. The van der Waals surface area contributed by atoms with Crippen LogP contribution in [0.2, 0.25) is 0 Å². The van der Waals surface area contributed by atoms with Crippen LogP contribution in [0.4, 0.5) is 24.8 Å². The van der Waals surface area contributed by atoms with E-state index in [0.717, 1.165) is 25.0 Å². The van der Waals surface area contributed by atoms with Gasteiger partial charge in [-0.15, -0.1) is 0 Å². The Morgan fingerprint density at radius 3 is 2.30 bits per heavy atom. The topological polar surface area (TPSA) is 50.9 Å². The van der Waals surface area contributed by atoms with E-state index in [1.165, 1.54) is 0 Å². The van der Waals surface area contributed by atoms with Crippen LogP contribution in [0.5, 0.6) is 0 Å². The van der Waals surface area contributed by atoms with Gasteiger partial charge < -0.3 is 11.1 Å². The number of aromatic nitrogens is 1. The van der Waals surface area contributed by atoms with Gasteiger partial charge in [-0.1, -0.05) is 13.8 Å². The molecule has 0 aliphatic carbocycles. The molecule has 0 bridgehead atoms. The molecule has 3 N–H and O–H groups in total. The first-order valence-electron chi connectivity index (χ1n) is 6.40. The number of hydrogen-bond donors (Lipinski definition) is 2. The van der Waals surface area contributed by atoms with Crippen molar-refractivity contribution in [3.8, 4) is 0 Å². The summed E-state index contributed by atoms with van der Waals surface area (Å²) in [5, 5.41) is 2.98. The normalized spacial score (nSPS) is 12.5. The number of nitrogens with one attached hydrogen (secondary N) is 1. The highest BCUT2D eigenvalue weighted by Crippen LogP contribution is 2.33. The Labute approximate surface area is 121 Å². The number of nitrogens with zero attached hydrogens (tertiary/aromatic N) is 1. The van der Waals surface area contributed by atoms with Gasteiger partial charge in [0.2, 0.25) is 0 Å². The monoisotopic (exact) mass is 307 g/mol. The molecule has 0 radical (unpaired) electrons. The first-order valence-corrected chi connectivity index (χ1v) is 7.62. The van der Waals surface area contributed by atoms with Crippen molar-refractivity contribution in [3.05, 3.63) is 17.7 Å². The van der Waals surface area contributed by atoms with Crippen LogP contribution in [-0.2, 0) is 6.18 Å². The Morgan fingerprint density at radius 2 is 1.85 bits per heavy atom. The van der Waals surface area contributed by atoms with Crippen LogP contribution in [0, 0.1) is 0 Å². The highest BCUT2D eigenvalue weighted by atomic mass is 32.2. The van der Waals surface area contributed by atoms with Crippen molar-refractivity contribution in [2.75, 3.05) is 23.9 Å². The van der Waals surface area contributed by atoms with Crippen molar-refractivity contribution in [2.45, 2.75) is 37.6 Å². The molecule has 1 aromatic heterocycles. The van der Waals surface area contributed by atoms with Crippen LogP contribution in [0.25, 0.3) is 0 Å². The predicted molar refractivity (Wildman–Crippen MR) is 79.0 cm³/mol. The van der Waals surface area contributed by atoms with Crippen LogP contribution < -0.4 is 11.1 Å². The van der Waals surface area contributed by atoms with Gasteiger partial charge in [-0.2, -0.15) is 24.9 Å². The molecule has 0 atom stereocenters. The van der Waals surface area contributed by atoms with Crippen molar-refractivity contribution in [1.82, 2.24) is 4.98 Å². The average Bonchev–Trinajstić information content (AvgIpc) is 2.39. The maximum Gasteiger partial charge on any atom is 0.416 e. The Balaban J connectivity index is 2.91. The lowest BCUT2D eigenvalue weighted by molar-refractivity contribution is -0.137. The summed E-state index contributed by atoms with van der Waals surface area (Å²) in [5.74, 6) is 0.0303. The van der Waals surface area contributed by atoms with E-state index in [9.17, 15) is 13.2 Å². The lowest BCUT2D eigenvalue weighted by Crippen LogP contribution is -2.32. The largest absolute Gasteiger partial charge is 0.416 e. The number of nitrogen functional groups attached to an aromatic ring is 1. The Hall–Kier alpha value is -1.11. The number of thioether (sulfide) groups is 1. The fourth-order valence-corrected chi connectivity index (χ4v) is 2.71. The molecule has 7 heteroatoms. The van der Waals surface area contributed by atoms with E-state index in [0.29, 0.717) is 6.54 Å². The van der Waals surface area contributed by atoms with Gasteiger partial charge in [-0.05, 0) is 31.2 Å². The minimum absolute atomic E-state index is 0.00925. The molecule has 0 spiro atoms. The lowest BCUT2D eigenvalue weighted by Gasteiger charge is -2.30. The number of pyridine rings is 1. The molecule has 0 aliphatic heterocycles. The summed E-state index contributed by atoms with van der Waals surface area (Å²) in [4.78, 5) is 3.91. The zero-order valence-corrected chi connectivity index (χ0v) is 12.7. The number of rotatable bonds is 6. The van der Waals surface area contributed by atoms with Crippen LogP contribution >= 0.6 is 11.8 Å². The first kappa shape index (κ1) is 16.9. The summed E-state index contributed by atoms with van der Waals surface area (Å²) >= 11 is 1.71. The molecule has 114 valence electrons. The molecule has 0 saturated carbocycles. The van der Waals surface area contributed by atoms with Crippen LogP contribution in [0.1, 0.15) is 32.3 Å². The van der Waals surface area contributed by atoms with Gasteiger partial charge in [0, 0.05) is 11.3 Å². The summed E-state index contributed by atoms with van der Waals surface area (Å²) in [5.41, 5.74) is 4.65. The van der Waals surface area contributed by atoms with Gasteiger partial charge in [0.15, 0.2) is 0 Å². The van der Waals surface area contributed by atoms with E-state index in [1.54, 1.807) is 11.8 Å². The highest BCUT2D eigenvalue weighted by molar-refractivity contribution is 8.00. The second kappa shape index (κ2) is 6.56. The van der Waals surface area contributed by atoms with Crippen molar-refractivity contribution >= 4 is 23.4 Å². The average molecular weight is 307 g/mol. The molecule has 0 aliphatic rings. The first-order chi connectivity index (χ1) is 9.26. The van der Waals surface area contributed by atoms with E-state index in [4.69, 9.17) is 5.73 Å². The molecule has 0 unspecified atom stereocenters. The summed E-state index contributed by atoms with van der Waals surface area (Å²) in [6, 6.07) is 1.83. The Morgan fingerprint density at radius 1 is 1.25 bits per heavy atom. The predicted octanol–water partition coefficient (Wildman–Crippen LogP) is 4.02. The number of halogens is 3. The van der Waals surface area contributed by atoms with Gasteiger partial charge in [-0.25, -0.2) is 4.98 Å². The minimum atomic E-state index is -4.42. The fraction of sp³-hybridized carbons (Fsp3) is 0.615. The molecule has 0 aromatic carbocycles. The smallest absolute Gasteiger partial charge is 0.384 e. The molecular weight excluding hydrogens is 287 g/mol. The van der Waals surface area contributed by atoms with Crippen LogP contribution in [0.3, 0.4) is 0 Å². The minimum Gasteiger partial charge on any atom is -0.384 e. The Bertz CT molecular complexity index is 437. The SMILES string of the molecule is CCC(CC)(CNc1cc(C(F)(F)F)cc(N)n1)SC. The highest BCUT2D eigenvalue weighted by Gasteiger charge is 2.32. The van der Waals surface area contributed by atoms with Gasteiger partial charge in [-0.3, -0.25) is 0 Å². The number of nitrogens with two attached hydrogens (primary N) is 1. The third kappa shape index (κ3) is 4.19. The van der Waals surface area contributed by atoms with Gasteiger partial charge in [0.05, 0.1) is 5.56 Å². The van der Waals surface area contributed by atoms with E-state index in [-0.39, 0.29) is 16.4 Å². The molecule has 20 heavy (non-hydrogen) atoms. The zero-order chi connectivity index (χ0) is 15.4. The molecule has 0 fully saturated rings. The lowest BCUT2D eigenvalue weighted by atomic mass is 10.0. The van der Waals surface area contributed by atoms with Gasteiger partial charge in [0.25, 0.3) is 0 Å². The summed E-state index contributed by atoms with van der Waals surface area (Å²) < 4.78 is 38.1. The molecule has 1 rings (SSSR count). The maximum atomic E-state index is 12.7. The zero-order valence-electron chi connectivity index (χ0n) is 11.8. The van der Waals surface area contributed by atoms with Crippen LogP contribution in [0.15, 0.2) is 12.1 Å². The van der Waals surface area contributed by atoms with Crippen molar-refractivity contribution in [3.63, 3.8) is 0 Å². The summed E-state index contributed by atoms with van der Waals surface area (Å²) in [7, 11) is 0. The van der Waals surface area contributed by atoms with E-state index >= 15 is 0 Å². The van der Waals surface area contributed by atoms with E-state index < -0.39 is 11.7 Å².